The molecule has 0 aromatic carbocycles. The molecule has 7 nitrogen and oxygen atoms in total. The van der Waals surface area contributed by atoms with Gasteiger partial charge in [0, 0.05) is 18.5 Å². The van der Waals surface area contributed by atoms with Crippen molar-refractivity contribution in [3.63, 3.8) is 0 Å². The number of carbonyl (C=O) groups is 2. The van der Waals surface area contributed by atoms with Gasteiger partial charge in [0.05, 0.1) is 5.56 Å². The van der Waals surface area contributed by atoms with Crippen LogP contribution in [0.3, 0.4) is 0 Å². The predicted molar refractivity (Wildman–Crippen MR) is 65.1 cm³/mol. The van der Waals surface area contributed by atoms with Gasteiger partial charge in [0.15, 0.2) is 5.82 Å². The topological polar surface area (TPSA) is 98.0 Å². The highest BCUT2D eigenvalue weighted by atomic mass is 127. The van der Waals surface area contributed by atoms with E-state index in [0.717, 1.165) is 4.68 Å². The van der Waals surface area contributed by atoms with Gasteiger partial charge in [0.25, 0.3) is 0 Å². The maximum atomic E-state index is 10.7. The largest absolute Gasteiger partial charge is 0.478 e. The molecule has 0 bridgehead atoms. The van der Waals surface area contributed by atoms with Crippen LogP contribution >= 0.6 is 22.6 Å². The third-order valence-electron chi connectivity index (χ3n) is 1.93. The van der Waals surface area contributed by atoms with Gasteiger partial charge in [-0.25, -0.2) is 14.8 Å². The number of carbonyl (C=O) groups excluding carboxylic acids is 1. The molecule has 1 N–H and O–H groups in total. The fourth-order valence-electron chi connectivity index (χ4n) is 1.18. The van der Waals surface area contributed by atoms with Crippen LogP contribution in [0.4, 0.5) is 0 Å². The highest BCUT2D eigenvalue weighted by Gasteiger charge is 2.12. The van der Waals surface area contributed by atoms with Crippen molar-refractivity contribution in [2.45, 2.75) is 0 Å². The molecule has 0 unspecified atom stereocenters. The van der Waals surface area contributed by atoms with Crippen molar-refractivity contribution in [1.29, 1.82) is 0 Å². The molecule has 2 aromatic rings. The smallest absolute Gasteiger partial charge is 0.338 e. The summed E-state index contributed by atoms with van der Waals surface area (Å²) in [7, 11) is 0. The Morgan fingerprint density at radius 3 is 2.59 bits per heavy atom. The van der Waals surface area contributed by atoms with Crippen LogP contribution in [0.15, 0.2) is 18.5 Å². The molecular weight excluding hydrogens is 339 g/mol. The quantitative estimate of drug-likeness (QED) is 0.650. The van der Waals surface area contributed by atoms with Gasteiger partial charge >= 0.3 is 5.97 Å². The fraction of sp³-hybridized carbons (Fsp3) is 0. The Bertz CT molecular complexity index is 578. The zero-order valence-corrected chi connectivity index (χ0v) is 10.4. The Labute approximate surface area is 109 Å². The summed E-state index contributed by atoms with van der Waals surface area (Å²) in [5.74, 6) is -0.854. The highest BCUT2D eigenvalue weighted by Crippen LogP contribution is 2.16. The van der Waals surface area contributed by atoms with E-state index in [0.29, 0.717) is 15.8 Å². The summed E-state index contributed by atoms with van der Waals surface area (Å²) in [5.41, 5.74) is 0.405. The molecule has 86 valence electrons. The van der Waals surface area contributed by atoms with E-state index in [1.165, 1.54) is 12.4 Å². The van der Waals surface area contributed by atoms with E-state index >= 15 is 0 Å². The second kappa shape index (κ2) is 4.57. The molecule has 0 aliphatic heterocycles. The van der Waals surface area contributed by atoms with Gasteiger partial charge in [-0.2, -0.15) is 9.78 Å². The fourth-order valence-corrected chi connectivity index (χ4v) is 1.71. The molecule has 0 aliphatic rings. The summed E-state index contributed by atoms with van der Waals surface area (Å²) in [5, 5.41) is 12.6. The van der Waals surface area contributed by atoms with Gasteiger partial charge in [-0.1, -0.05) is 0 Å². The first-order valence-corrected chi connectivity index (χ1v) is 5.45. The molecule has 0 saturated heterocycles. The zero-order valence-electron chi connectivity index (χ0n) is 8.24. The van der Waals surface area contributed by atoms with E-state index in [2.05, 4.69) is 15.1 Å². The number of aromatic carboxylic acids is 1. The van der Waals surface area contributed by atoms with Crippen molar-refractivity contribution in [3.8, 4) is 11.5 Å². The lowest BCUT2D eigenvalue weighted by molar-refractivity contribution is 0.0696. The molecule has 0 radical (unpaired) electrons. The Kier molecular flexibility index (Phi) is 3.13. The van der Waals surface area contributed by atoms with Crippen molar-refractivity contribution >= 4 is 35.0 Å². The maximum Gasteiger partial charge on any atom is 0.338 e. The number of hydrogen-bond donors (Lipinski definition) is 1. The molecule has 2 rings (SSSR count). The zero-order chi connectivity index (χ0) is 12.4. The van der Waals surface area contributed by atoms with Crippen LogP contribution in [0.2, 0.25) is 0 Å². The van der Waals surface area contributed by atoms with Crippen molar-refractivity contribution in [2.24, 2.45) is 0 Å². The standard InChI is InChI=1S/C9H5IN4O3/c10-7-1-6(14(4-15)13-7)8-11-2-5(3-12-8)9(16)17/h1-4H,(H,16,17). The van der Waals surface area contributed by atoms with Crippen LogP contribution in [0.1, 0.15) is 10.4 Å². The summed E-state index contributed by atoms with van der Waals surface area (Å²) in [6.07, 6.45) is 2.89. The molecule has 17 heavy (non-hydrogen) atoms. The minimum absolute atomic E-state index is 0.0133. The molecule has 0 spiro atoms. The van der Waals surface area contributed by atoms with Crippen LogP contribution in [0, 0.1) is 3.70 Å². The number of aromatic nitrogens is 4. The summed E-state index contributed by atoms with van der Waals surface area (Å²) < 4.78 is 1.72. The Hall–Kier alpha value is -1.84. The van der Waals surface area contributed by atoms with E-state index in [-0.39, 0.29) is 11.4 Å². The Balaban J connectivity index is 2.46. The molecule has 0 atom stereocenters. The summed E-state index contributed by atoms with van der Waals surface area (Å²) in [4.78, 5) is 29.1. The average Bonchev–Trinajstić information content (AvgIpc) is 2.70. The lowest BCUT2D eigenvalue weighted by Crippen LogP contribution is -2.04. The molecule has 0 aliphatic carbocycles. The van der Waals surface area contributed by atoms with Gasteiger partial charge in [0.2, 0.25) is 6.41 Å². The van der Waals surface area contributed by atoms with Gasteiger partial charge in [-0.15, -0.1) is 0 Å². The number of hydrogen-bond acceptors (Lipinski definition) is 5. The van der Waals surface area contributed by atoms with Crippen LogP contribution in [0.25, 0.3) is 11.5 Å². The summed E-state index contributed by atoms with van der Waals surface area (Å²) >= 11 is 1.95. The van der Waals surface area contributed by atoms with E-state index in [1.807, 2.05) is 22.6 Å². The molecule has 8 heteroatoms. The van der Waals surface area contributed by atoms with E-state index in [1.54, 1.807) is 6.07 Å². The highest BCUT2D eigenvalue weighted by molar-refractivity contribution is 14.1. The Morgan fingerprint density at radius 1 is 1.41 bits per heavy atom. The predicted octanol–water partition coefficient (Wildman–Crippen LogP) is 0.681. The van der Waals surface area contributed by atoms with Gasteiger partial charge in [-0.05, 0) is 22.6 Å². The van der Waals surface area contributed by atoms with Crippen molar-refractivity contribution in [1.82, 2.24) is 19.7 Å². The first-order valence-electron chi connectivity index (χ1n) is 4.38. The minimum Gasteiger partial charge on any atom is -0.478 e. The monoisotopic (exact) mass is 344 g/mol. The van der Waals surface area contributed by atoms with Crippen LogP contribution in [-0.2, 0) is 4.79 Å². The van der Waals surface area contributed by atoms with Crippen LogP contribution < -0.4 is 0 Å². The number of carboxylic acid groups (broad SMARTS) is 1. The van der Waals surface area contributed by atoms with E-state index in [9.17, 15) is 9.59 Å². The van der Waals surface area contributed by atoms with Gasteiger partial charge in [-0.3, -0.25) is 4.79 Å². The third-order valence-corrected chi connectivity index (χ3v) is 2.46. The summed E-state index contributed by atoms with van der Waals surface area (Å²) in [6, 6.07) is 1.63. The molecule has 0 fully saturated rings. The SMILES string of the molecule is O=Cn1nc(I)cc1-c1ncc(C(=O)O)cn1. The molecule has 2 heterocycles. The average molecular weight is 344 g/mol. The molecular formula is C9H5IN4O3. The number of carboxylic acids is 1. The first kappa shape index (κ1) is 11.6. The van der Waals surface area contributed by atoms with Crippen molar-refractivity contribution in [3.05, 3.63) is 27.7 Å². The lowest BCUT2D eigenvalue weighted by Gasteiger charge is -1.99. The van der Waals surface area contributed by atoms with E-state index < -0.39 is 5.97 Å². The Morgan fingerprint density at radius 2 is 2.06 bits per heavy atom. The molecule has 0 amide bonds. The number of rotatable bonds is 3. The van der Waals surface area contributed by atoms with Crippen molar-refractivity contribution in [2.75, 3.05) is 0 Å². The second-order valence-corrected chi connectivity index (χ2v) is 4.11. The molecule has 0 saturated carbocycles. The van der Waals surface area contributed by atoms with Gasteiger partial charge < -0.3 is 5.11 Å². The minimum atomic E-state index is -1.10. The normalized spacial score (nSPS) is 10.2. The molecule has 2 aromatic heterocycles. The summed E-state index contributed by atoms with van der Waals surface area (Å²) in [6.45, 7) is 0. The van der Waals surface area contributed by atoms with Crippen LogP contribution in [0.5, 0.6) is 0 Å². The van der Waals surface area contributed by atoms with E-state index in [4.69, 9.17) is 5.11 Å². The van der Waals surface area contributed by atoms with Crippen molar-refractivity contribution < 1.29 is 14.7 Å². The number of halogens is 1. The second-order valence-electron chi connectivity index (χ2n) is 3.00. The number of nitrogens with zero attached hydrogens (tertiary/aromatic N) is 4. The third kappa shape index (κ3) is 2.30. The first-order chi connectivity index (χ1) is 8.11. The lowest BCUT2D eigenvalue weighted by atomic mass is 10.3. The van der Waals surface area contributed by atoms with Gasteiger partial charge in [0.1, 0.15) is 9.39 Å². The maximum absolute atomic E-state index is 10.7. The van der Waals surface area contributed by atoms with Crippen LogP contribution in [-0.4, -0.2) is 37.2 Å².